The summed E-state index contributed by atoms with van der Waals surface area (Å²) in [5, 5.41) is 3.56. The molecule has 1 rings (SSSR count). The first-order valence-electron chi connectivity index (χ1n) is 5.16. The maximum atomic E-state index is 5.35. The van der Waals surface area contributed by atoms with Crippen molar-refractivity contribution in [3.63, 3.8) is 0 Å². The molecule has 13 heavy (non-hydrogen) atoms. The maximum absolute atomic E-state index is 5.35. The minimum absolute atomic E-state index is 0.0199. The third-order valence-corrected chi connectivity index (χ3v) is 3.18. The third kappa shape index (κ3) is 3.28. The molecule has 0 saturated heterocycles. The first kappa shape index (κ1) is 11.0. The summed E-state index contributed by atoms with van der Waals surface area (Å²) in [6.07, 6.45) is 2.40. The molecule has 0 amide bonds. The van der Waals surface area contributed by atoms with Crippen LogP contribution >= 0.6 is 0 Å². The van der Waals surface area contributed by atoms with E-state index in [9.17, 15) is 0 Å². The van der Waals surface area contributed by atoms with E-state index in [-0.39, 0.29) is 5.60 Å². The van der Waals surface area contributed by atoms with Gasteiger partial charge in [0.25, 0.3) is 0 Å². The van der Waals surface area contributed by atoms with Gasteiger partial charge < -0.3 is 10.1 Å². The van der Waals surface area contributed by atoms with E-state index < -0.39 is 0 Å². The van der Waals surface area contributed by atoms with Crippen LogP contribution in [0.5, 0.6) is 0 Å². The molecule has 0 heterocycles. The summed E-state index contributed by atoms with van der Waals surface area (Å²) in [6, 6.07) is 0.736. The average molecular weight is 185 g/mol. The summed E-state index contributed by atoms with van der Waals surface area (Å²) < 4.78 is 5.35. The van der Waals surface area contributed by atoms with E-state index in [0.717, 1.165) is 19.0 Å². The molecule has 78 valence electrons. The highest BCUT2D eigenvalue weighted by atomic mass is 16.5. The Morgan fingerprint density at radius 2 is 2.00 bits per heavy atom. The largest absolute Gasteiger partial charge is 0.379 e. The van der Waals surface area contributed by atoms with Crippen molar-refractivity contribution in [3.8, 4) is 0 Å². The molecule has 0 aromatic heterocycles. The van der Waals surface area contributed by atoms with Gasteiger partial charge in [-0.3, -0.25) is 0 Å². The van der Waals surface area contributed by atoms with Crippen LogP contribution in [0.15, 0.2) is 0 Å². The van der Waals surface area contributed by atoms with Gasteiger partial charge in [-0.2, -0.15) is 0 Å². The molecule has 0 spiro atoms. The van der Waals surface area contributed by atoms with E-state index in [1.165, 1.54) is 6.42 Å². The Balaban J connectivity index is 2.09. The van der Waals surface area contributed by atoms with Crippen LogP contribution in [0.3, 0.4) is 0 Å². The fourth-order valence-corrected chi connectivity index (χ4v) is 1.47. The summed E-state index contributed by atoms with van der Waals surface area (Å²) in [5.74, 6) is 0. The zero-order valence-electron chi connectivity index (χ0n) is 9.61. The van der Waals surface area contributed by atoms with Gasteiger partial charge in [-0.15, -0.1) is 0 Å². The van der Waals surface area contributed by atoms with Gasteiger partial charge in [0.1, 0.15) is 0 Å². The topological polar surface area (TPSA) is 21.3 Å². The second kappa shape index (κ2) is 3.58. The Morgan fingerprint density at radius 3 is 2.38 bits per heavy atom. The second-order valence-corrected chi connectivity index (χ2v) is 5.41. The lowest BCUT2D eigenvalue weighted by Gasteiger charge is -2.23. The first-order valence-corrected chi connectivity index (χ1v) is 5.16. The van der Waals surface area contributed by atoms with Gasteiger partial charge in [0, 0.05) is 13.2 Å². The number of methoxy groups -OCH3 is 1. The standard InChI is InChI=1S/C11H23NO/c1-10(2)8-9(10)12-7-6-11(3,4)13-5/h9,12H,6-8H2,1-5H3. The molecule has 0 aromatic carbocycles. The summed E-state index contributed by atoms with van der Waals surface area (Å²) in [7, 11) is 1.78. The fraction of sp³-hybridized carbons (Fsp3) is 1.00. The molecule has 1 N–H and O–H groups in total. The van der Waals surface area contributed by atoms with Crippen LogP contribution in [0.25, 0.3) is 0 Å². The summed E-state index contributed by atoms with van der Waals surface area (Å²) in [4.78, 5) is 0. The Morgan fingerprint density at radius 1 is 1.46 bits per heavy atom. The van der Waals surface area contributed by atoms with Crippen molar-refractivity contribution in [2.45, 2.75) is 52.2 Å². The van der Waals surface area contributed by atoms with Crippen LogP contribution in [0.2, 0.25) is 0 Å². The predicted molar refractivity (Wildman–Crippen MR) is 55.9 cm³/mol. The van der Waals surface area contributed by atoms with Crippen molar-refractivity contribution in [2.75, 3.05) is 13.7 Å². The van der Waals surface area contributed by atoms with Gasteiger partial charge in [-0.05, 0) is 38.6 Å². The normalized spacial score (nSPS) is 26.1. The molecule has 0 radical (unpaired) electrons. The van der Waals surface area contributed by atoms with Gasteiger partial charge in [0.05, 0.1) is 5.60 Å². The molecule has 2 nitrogen and oxygen atoms in total. The van der Waals surface area contributed by atoms with Crippen molar-refractivity contribution in [2.24, 2.45) is 5.41 Å². The van der Waals surface area contributed by atoms with E-state index >= 15 is 0 Å². The van der Waals surface area contributed by atoms with Crippen LogP contribution in [-0.4, -0.2) is 25.3 Å². The minimum atomic E-state index is 0.0199. The molecule has 0 bridgehead atoms. The zero-order valence-corrected chi connectivity index (χ0v) is 9.61. The summed E-state index contributed by atoms with van der Waals surface area (Å²) in [6.45, 7) is 9.95. The molecule has 0 aliphatic heterocycles. The highest BCUT2D eigenvalue weighted by Crippen LogP contribution is 2.44. The Kier molecular flexibility index (Phi) is 3.03. The van der Waals surface area contributed by atoms with E-state index in [2.05, 4.69) is 33.0 Å². The summed E-state index contributed by atoms with van der Waals surface area (Å²) >= 11 is 0. The monoisotopic (exact) mass is 185 g/mol. The lowest BCUT2D eigenvalue weighted by atomic mass is 10.1. The van der Waals surface area contributed by atoms with Crippen molar-refractivity contribution < 1.29 is 4.74 Å². The molecule has 1 aliphatic rings. The second-order valence-electron chi connectivity index (χ2n) is 5.41. The minimum Gasteiger partial charge on any atom is -0.379 e. The highest BCUT2D eigenvalue weighted by molar-refractivity contribution is 5.01. The van der Waals surface area contributed by atoms with Gasteiger partial charge in [-0.1, -0.05) is 13.8 Å². The van der Waals surface area contributed by atoms with Crippen molar-refractivity contribution in [1.29, 1.82) is 0 Å². The lowest BCUT2D eigenvalue weighted by Crippen LogP contribution is -2.30. The van der Waals surface area contributed by atoms with E-state index in [4.69, 9.17) is 4.74 Å². The van der Waals surface area contributed by atoms with Crippen LogP contribution in [0, 0.1) is 5.41 Å². The first-order chi connectivity index (χ1) is 5.87. The van der Waals surface area contributed by atoms with Gasteiger partial charge in [0.2, 0.25) is 0 Å². The number of rotatable bonds is 5. The van der Waals surface area contributed by atoms with Crippen LogP contribution < -0.4 is 5.32 Å². The van der Waals surface area contributed by atoms with Crippen LogP contribution in [0.4, 0.5) is 0 Å². The molecule has 1 saturated carbocycles. The van der Waals surface area contributed by atoms with E-state index in [1.54, 1.807) is 7.11 Å². The zero-order chi connectivity index (χ0) is 10.1. The molecule has 0 aromatic rings. The lowest BCUT2D eigenvalue weighted by molar-refractivity contribution is 0.0157. The molecule has 1 unspecified atom stereocenters. The quantitative estimate of drug-likeness (QED) is 0.709. The van der Waals surface area contributed by atoms with Crippen molar-refractivity contribution in [3.05, 3.63) is 0 Å². The molecular weight excluding hydrogens is 162 g/mol. The third-order valence-electron chi connectivity index (χ3n) is 3.18. The van der Waals surface area contributed by atoms with Crippen molar-refractivity contribution >= 4 is 0 Å². The number of hydrogen-bond donors (Lipinski definition) is 1. The molecule has 2 heteroatoms. The number of ether oxygens (including phenoxy) is 1. The van der Waals surface area contributed by atoms with Crippen molar-refractivity contribution in [1.82, 2.24) is 5.32 Å². The fourth-order valence-electron chi connectivity index (χ4n) is 1.47. The molecular formula is C11H23NO. The van der Waals surface area contributed by atoms with Crippen LogP contribution in [0.1, 0.15) is 40.5 Å². The van der Waals surface area contributed by atoms with Crippen LogP contribution in [-0.2, 0) is 4.74 Å². The predicted octanol–water partition coefficient (Wildman–Crippen LogP) is 2.19. The Bertz CT molecular complexity index is 175. The van der Waals surface area contributed by atoms with Gasteiger partial charge >= 0.3 is 0 Å². The molecule has 1 atom stereocenters. The van der Waals surface area contributed by atoms with Gasteiger partial charge in [-0.25, -0.2) is 0 Å². The maximum Gasteiger partial charge on any atom is 0.0634 e. The van der Waals surface area contributed by atoms with E-state index in [1.807, 2.05) is 0 Å². The summed E-state index contributed by atoms with van der Waals surface area (Å²) in [5.41, 5.74) is 0.559. The number of hydrogen-bond acceptors (Lipinski definition) is 2. The van der Waals surface area contributed by atoms with E-state index in [0.29, 0.717) is 5.41 Å². The Labute approximate surface area is 82.0 Å². The SMILES string of the molecule is COC(C)(C)CCNC1CC1(C)C. The Hall–Kier alpha value is -0.0800. The smallest absolute Gasteiger partial charge is 0.0634 e. The number of nitrogens with one attached hydrogen (secondary N) is 1. The highest BCUT2D eigenvalue weighted by Gasteiger charge is 2.45. The molecule has 1 fully saturated rings. The average Bonchev–Trinajstić information content (AvgIpc) is 2.59. The van der Waals surface area contributed by atoms with Gasteiger partial charge in [0.15, 0.2) is 0 Å². The molecule has 1 aliphatic carbocycles.